The van der Waals surface area contributed by atoms with Gasteiger partial charge in [0.05, 0.1) is 6.33 Å². The van der Waals surface area contributed by atoms with Gasteiger partial charge in [-0.3, -0.25) is 14.5 Å². The average Bonchev–Trinajstić information content (AvgIpc) is 3.19. The highest BCUT2D eigenvalue weighted by atomic mass is 16.6. The molecule has 0 radical (unpaired) electrons. The van der Waals surface area contributed by atoms with Gasteiger partial charge in [0.15, 0.2) is 11.5 Å². The molecule has 1 aromatic heterocycles. The second-order valence-electron chi connectivity index (χ2n) is 10.9. The van der Waals surface area contributed by atoms with Crippen molar-refractivity contribution in [1.29, 1.82) is 0 Å². The van der Waals surface area contributed by atoms with Gasteiger partial charge in [0, 0.05) is 24.8 Å². The lowest BCUT2D eigenvalue weighted by atomic mass is 9.87. The van der Waals surface area contributed by atoms with E-state index in [1.165, 1.54) is 16.8 Å². The van der Waals surface area contributed by atoms with Crippen molar-refractivity contribution in [3.63, 3.8) is 0 Å². The van der Waals surface area contributed by atoms with Crippen molar-refractivity contribution in [3.8, 4) is 0 Å². The third kappa shape index (κ3) is 6.97. The van der Waals surface area contributed by atoms with E-state index in [0.717, 1.165) is 5.56 Å². The summed E-state index contributed by atoms with van der Waals surface area (Å²) in [7, 11) is 1.56. The van der Waals surface area contributed by atoms with Crippen LogP contribution in [0.1, 0.15) is 73.5 Å². The Morgan fingerprint density at radius 3 is 2.24 bits per heavy atom. The predicted octanol–water partition coefficient (Wildman–Crippen LogP) is 4.95. The first kappa shape index (κ1) is 27.4. The minimum Gasteiger partial charge on any atom is -0.443 e. The van der Waals surface area contributed by atoms with Gasteiger partial charge in [-0.15, -0.1) is 0 Å². The molecule has 0 aliphatic rings. The molecule has 0 fully saturated rings. The summed E-state index contributed by atoms with van der Waals surface area (Å²) >= 11 is 0. The first-order chi connectivity index (χ1) is 17.2. The molecule has 3 N–H and O–H groups in total. The van der Waals surface area contributed by atoms with E-state index < -0.39 is 23.5 Å². The largest absolute Gasteiger partial charge is 0.443 e. The first-order valence-corrected chi connectivity index (χ1v) is 12.0. The molecule has 0 saturated carbocycles. The number of imidazole rings is 1. The van der Waals surface area contributed by atoms with Gasteiger partial charge < -0.3 is 20.4 Å². The molecule has 1 heterocycles. The number of rotatable bonds is 6. The monoisotopic (exact) mass is 505 g/mol. The van der Waals surface area contributed by atoms with Crippen LogP contribution in [0, 0.1) is 0 Å². The van der Waals surface area contributed by atoms with E-state index >= 15 is 0 Å². The fourth-order valence-electron chi connectivity index (χ4n) is 3.63. The number of primary amides is 1. The van der Waals surface area contributed by atoms with Crippen LogP contribution in [0.25, 0.3) is 0 Å². The van der Waals surface area contributed by atoms with Crippen molar-refractivity contribution in [2.45, 2.75) is 59.1 Å². The number of carbonyl (C=O) groups excluding carboxylic acids is 3. The molecule has 37 heavy (non-hydrogen) atoms. The smallest absolute Gasteiger partial charge is 0.414 e. The Hall–Kier alpha value is -4.14. The van der Waals surface area contributed by atoms with Crippen LogP contribution in [0.2, 0.25) is 0 Å². The van der Waals surface area contributed by atoms with Gasteiger partial charge in [-0.1, -0.05) is 51.1 Å². The number of amides is 3. The molecule has 0 aliphatic heterocycles. The summed E-state index contributed by atoms with van der Waals surface area (Å²) in [6.45, 7) is 12.1. The van der Waals surface area contributed by atoms with Crippen LogP contribution in [-0.4, -0.2) is 40.1 Å². The van der Waals surface area contributed by atoms with E-state index in [1.54, 1.807) is 56.7 Å². The standard InChI is InChI=1S/C28H35N5O4/c1-27(2,3)20-13-11-18(12-14-20)16-33-17-30-24(22(33)23(29)34)31-25(35)19-9-8-10-21(15-19)32(7)26(36)37-28(4,5)6/h8-15,17H,16H2,1-7H3,(H2,29,34)(H,31,35). The molecule has 9 nitrogen and oxygen atoms in total. The van der Waals surface area contributed by atoms with Crippen LogP contribution >= 0.6 is 0 Å². The summed E-state index contributed by atoms with van der Waals surface area (Å²) in [6.07, 6.45) is 0.926. The molecule has 3 rings (SSSR count). The second kappa shape index (κ2) is 10.5. The zero-order valence-corrected chi connectivity index (χ0v) is 22.5. The molecule has 2 aromatic carbocycles. The molecular weight excluding hydrogens is 470 g/mol. The summed E-state index contributed by atoms with van der Waals surface area (Å²) in [5, 5.41) is 2.67. The minimum absolute atomic E-state index is 0.0301. The lowest BCUT2D eigenvalue weighted by Gasteiger charge is -2.24. The van der Waals surface area contributed by atoms with Crippen molar-refractivity contribution in [3.05, 3.63) is 77.2 Å². The van der Waals surface area contributed by atoms with Crippen LogP contribution in [0.5, 0.6) is 0 Å². The van der Waals surface area contributed by atoms with Crippen molar-refractivity contribution in [1.82, 2.24) is 9.55 Å². The SMILES string of the molecule is CN(C(=O)OC(C)(C)C)c1cccc(C(=O)Nc2ncn(Cc3ccc(C(C)(C)C)cc3)c2C(N)=O)c1. The number of ether oxygens (including phenoxy) is 1. The van der Waals surface area contributed by atoms with Crippen molar-refractivity contribution >= 4 is 29.4 Å². The third-order valence-corrected chi connectivity index (χ3v) is 5.64. The Morgan fingerprint density at radius 1 is 1.03 bits per heavy atom. The topological polar surface area (TPSA) is 120 Å². The number of anilines is 2. The van der Waals surface area contributed by atoms with Gasteiger partial charge in [-0.05, 0) is 55.5 Å². The van der Waals surface area contributed by atoms with Gasteiger partial charge >= 0.3 is 6.09 Å². The highest BCUT2D eigenvalue weighted by Crippen LogP contribution is 2.24. The van der Waals surface area contributed by atoms with Crippen LogP contribution in [0.4, 0.5) is 16.3 Å². The van der Waals surface area contributed by atoms with Gasteiger partial charge in [0.1, 0.15) is 5.60 Å². The molecule has 9 heteroatoms. The van der Waals surface area contributed by atoms with Crippen LogP contribution in [0.15, 0.2) is 54.9 Å². The van der Waals surface area contributed by atoms with Gasteiger partial charge in [-0.25, -0.2) is 9.78 Å². The fourth-order valence-corrected chi connectivity index (χ4v) is 3.63. The van der Waals surface area contributed by atoms with E-state index in [0.29, 0.717) is 12.2 Å². The van der Waals surface area contributed by atoms with Crippen LogP contribution in [-0.2, 0) is 16.7 Å². The number of aromatic nitrogens is 2. The predicted molar refractivity (Wildman–Crippen MR) is 144 cm³/mol. The van der Waals surface area contributed by atoms with Crippen molar-refractivity contribution in [2.75, 3.05) is 17.3 Å². The minimum atomic E-state index is -0.711. The van der Waals surface area contributed by atoms with Gasteiger partial charge in [-0.2, -0.15) is 0 Å². The highest BCUT2D eigenvalue weighted by Gasteiger charge is 2.23. The first-order valence-electron chi connectivity index (χ1n) is 12.0. The zero-order chi connectivity index (χ0) is 27.5. The molecule has 0 saturated heterocycles. The zero-order valence-electron chi connectivity index (χ0n) is 22.5. The molecule has 0 aliphatic carbocycles. The van der Waals surface area contributed by atoms with E-state index in [-0.39, 0.29) is 22.5 Å². The van der Waals surface area contributed by atoms with E-state index in [2.05, 4.69) is 43.2 Å². The quantitative estimate of drug-likeness (QED) is 0.491. The molecular formula is C28H35N5O4. The maximum absolute atomic E-state index is 13.0. The van der Waals surface area contributed by atoms with Crippen LogP contribution < -0.4 is 16.0 Å². The number of hydrogen-bond acceptors (Lipinski definition) is 5. The normalized spacial score (nSPS) is 11.6. The number of carbonyl (C=O) groups is 3. The molecule has 0 atom stereocenters. The number of hydrogen-bond donors (Lipinski definition) is 2. The second-order valence-corrected chi connectivity index (χ2v) is 10.9. The van der Waals surface area contributed by atoms with E-state index in [4.69, 9.17) is 10.5 Å². The van der Waals surface area contributed by atoms with Crippen molar-refractivity contribution < 1.29 is 19.1 Å². The summed E-state index contributed by atoms with van der Waals surface area (Å²) in [4.78, 5) is 43.2. The number of nitrogens with two attached hydrogens (primary N) is 1. The lowest BCUT2D eigenvalue weighted by molar-refractivity contribution is 0.0589. The molecule has 0 spiro atoms. The summed E-state index contributed by atoms with van der Waals surface area (Å²) in [6, 6.07) is 14.6. The fraction of sp³-hybridized carbons (Fsp3) is 0.357. The molecule has 196 valence electrons. The Labute approximate surface area is 217 Å². The van der Waals surface area contributed by atoms with Gasteiger partial charge in [0.25, 0.3) is 11.8 Å². The maximum Gasteiger partial charge on any atom is 0.414 e. The average molecular weight is 506 g/mol. The van der Waals surface area contributed by atoms with Crippen molar-refractivity contribution in [2.24, 2.45) is 5.73 Å². The molecule has 0 unspecified atom stereocenters. The molecule has 3 aromatic rings. The van der Waals surface area contributed by atoms with Crippen LogP contribution in [0.3, 0.4) is 0 Å². The number of nitrogens with one attached hydrogen (secondary N) is 1. The number of nitrogens with zero attached hydrogens (tertiary/aromatic N) is 3. The number of benzene rings is 2. The summed E-state index contributed by atoms with van der Waals surface area (Å²) in [5.41, 5.74) is 8.02. The Bertz CT molecular complexity index is 1300. The van der Waals surface area contributed by atoms with E-state index in [9.17, 15) is 14.4 Å². The lowest BCUT2D eigenvalue weighted by Crippen LogP contribution is -2.34. The molecule has 0 bridgehead atoms. The summed E-state index contributed by atoms with van der Waals surface area (Å²) < 4.78 is 7.00. The Morgan fingerprint density at radius 2 is 1.68 bits per heavy atom. The van der Waals surface area contributed by atoms with E-state index in [1.807, 2.05) is 12.1 Å². The Kier molecular flexibility index (Phi) is 7.76. The van der Waals surface area contributed by atoms with Gasteiger partial charge in [0.2, 0.25) is 0 Å². The third-order valence-electron chi connectivity index (χ3n) is 5.64. The Balaban J connectivity index is 1.79. The molecule has 3 amide bonds. The summed E-state index contributed by atoms with van der Waals surface area (Å²) in [5.74, 6) is -1.14. The maximum atomic E-state index is 13.0. The highest BCUT2D eigenvalue weighted by molar-refractivity contribution is 6.08.